The molecule has 0 aliphatic rings. The predicted molar refractivity (Wildman–Crippen MR) is 172 cm³/mol. The number of ether oxygens (including phenoxy) is 1. The summed E-state index contributed by atoms with van der Waals surface area (Å²) in [7, 11) is -0.245. The molecule has 10 nitrogen and oxygen atoms in total. The summed E-state index contributed by atoms with van der Waals surface area (Å²) in [5, 5.41) is 13.2. The molecular weight excluding hydrogens is 611 g/mol. The number of rotatable bonds is 13. The van der Waals surface area contributed by atoms with Crippen molar-refractivity contribution in [1.29, 1.82) is 0 Å². The summed E-state index contributed by atoms with van der Waals surface area (Å²) in [6, 6.07) is 13.0. The van der Waals surface area contributed by atoms with Crippen molar-refractivity contribution in [1.82, 2.24) is 19.7 Å². The molecule has 0 aliphatic heterocycles. The number of hydrogen-bond acceptors (Lipinski definition) is 8. The van der Waals surface area contributed by atoms with E-state index in [-0.39, 0.29) is 21.5 Å². The zero-order chi connectivity index (χ0) is 31.3. The van der Waals surface area contributed by atoms with E-state index in [4.69, 9.17) is 27.9 Å². The molecule has 2 heterocycles. The van der Waals surface area contributed by atoms with Crippen molar-refractivity contribution in [3.05, 3.63) is 69.8 Å². The molecule has 4 aromatic rings. The van der Waals surface area contributed by atoms with Crippen LogP contribution in [0.1, 0.15) is 31.0 Å². The SMILES string of the molecule is CCCCOC(=O)CN(c1ccc2c(c1)c(C)c(C)n2-c1ccc(NCCN(C)C)nn1)S(=O)(=O)c1cc(Cl)cc(Cl)c1. The highest BCUT2D eigenvalue weighted by Gasteiger charge is 2.29. The van der Waals surface area contributed by atoms with E-state index in [1.165, 1.54) is 18.2 Å². The number of carbonyl (C=O) groups is 1. The third-order valence-corrected chi connectivity index (χ3v) is 9.18. The van der Waals surface area contributed by atoms with Gasteiger partial charge in [-0.25, -0.2) is 8.42 Å². The number of nitrogens with zero attached hydrogens (tertiary/aromatic N) is 5. The first-order chi connectivity index (χ1) is 20.4. The molecule has 1 N–H and O–H groups in total. The average molecular weight is 648 g/mol. The van der Waals surface area contributed by atoms with E-state index in [0.29, 0.717) is 23.7 Å². The number of halogens is 2. The second-order valence-electron chi connectivity index (χ2n) is 10.4. The fraction of sp³-hybridized carbons (Fsp3) is 0.367. The monoisotopic (exact) mass is 646 g/mol. The van der Waals surface area contributed by atoms with Gasteiger partial charge in [0.2, 0.25) is 0 Å². The van der Waals surface area contributed by atoms with Crippen molar-refractivity contribution in [2.24, 2.45) is 0 Å². The topological polar surface area (TPSA) is 110 Å². The molecule has 43 heavy (non-hydrogen) atoms. The lowest BCUT2D eigenvalue weighted by Crippen LogP contribution is -2.36. The summed E-state index contributed by atoms with van der Waals surface area (Å²) in [4.78, 5) is 14.8. The quantitative estimate of drug-likeness (QED) is 0.142. The third-order valence-electron chi connectivity index (χ3n) is 6.99. The maximum atomic E-state index is 13.9. The first-order valence-electron chi connectivity index (χ1n) is 13.9. The lowest BCUT2D eigenvalue weighted by molar-refractivity contribution is -0.141. The van der Waals surface area contributed by atoms with Gasteiger partial charge in [0.05, 0.1) is 22.7 Å². The van der Waals surface area contributed by atoms with Crippen LogP contribution in [0.3, 0.4) is 0 Å². The van der Waals surface area contributed by atoms with Crippen LogP contribution >= 0.6 is 23.2 Å². The van der Waals surface area contributed by atoms with Crippen molar-refractivity contribution in [2.45, 2.75) is 38.5 Å². The van der Waals surface area contributed by atoms with Gasteiger partial charge < -0.3 is 15.0 Å². The molecule has 0 amide bonds. The average Bonchev–Trinajstić information content (AvgIpc) is 3.20. The Morgan fingerprint density at radius 1 is 1.02 bits per heavy atom. The number of anilines is 2. The largest absolute Gasteiger partial charge is 0.464 e. The van der Waals surface area contributed by atoms with Gasteiger partial charge in [0.25, 0.3) is 10.0 Å². The number of sulfonamides is 1. The standard InChI is InChI=1S/C30H36Cl2N6O4S/c1-6-7-14-42-30(39)19-37(43(40,41)25-16-22(31)15-23(32)17-25)24-8-9-27-26(18-24)20(2)21(3)38(27)29-11-10-28(34-35-29)33-12-13-36(4)5/h8-11,15-18H,6-7,12-14,19H2,1-5H3,(H,33,34). The number of likely N-dealkylation sites (N-methyl/N-ethyl adjacent to an activating group) is 1. The number of nitrogens with one attached hydrogen (secondary N) is 1. The van der Waals surface area contributed by atoms with Gasteiger partial charge in [-0.2, -0.15) is 0 Å². The van der Waals surface area contributed by atoms with Gasteiger partial charge in [-0.05, 0) is 88.5 Å². The Bertz CT molecular complexity index is 1690. The van der Waals surface area contributed by atoms with E-state index in [9.17, 15) is 13.2 Å². The molecule has 230 valence electrons. The van der Waals surface area contributed by atoms with Gasteiger partial charge >= 0.3 is 5.97 Å². The molecule has 2 aromatic heterocycles. The first-order valence-corrected chi connectivity index (χ1v) is 16.1. The van der Waals surface area contributed by atoms with Crippen LogP contribution in [0, 0.1) is 13.8 Å². The van der Waals surface area contributed by atoms with E-state index in [1.54, 1.807) is 12.1 Å². The van der Waals surface area contributed by atoms with Crippen LogP contribution in [0.15, 0.2) is 53.4 Å². The fourth-order valence-electron chi connectivity index (χ4n) is 4.57. The summed E-state index contributed by atoms with van der Waals surface area (Å²) < 4.78 is 36.2. The van der Waals surface area contributed by atoms with Gasteiger partial charge in [-0.3, -0.25) is 13.7 Å². The van der Waals surface area contributed by atoms with Crippen LogP contribution in [0.2, 0.25) is 10.0 Å². The second kappa shape index (κ2) is 13.9. The summed E-state index contributed by atoms with van der Waals surface area (Å²) in [6.45, 7) is 7.18. The number of carbonyl (C=O) groups excluding carboxylic acids is 1. The van der Waals surface area contributed by atoms with Gasteiger partial charge in [-0.1, -0.05) is 36.5 Å². The zero-order valence-electron chi connectivity index (χ0n) is 24.9. The van der Waals surface area contributed by atoms with E-state index in [2.05, 4.69) is 20.4 Å². The van der Waals surface area contributed by atoms with Gasteiger partial charge in [0.1, 0.15) is 12.4 Å². The maximum Gasteiger partial charge on any atom is 0.326 e. The Kier molecular flexibility index (Phi) is 10.5. The van der Waals surface area contributed by atoms with E-state index < -0.39 is 22.5 Å². The number of hydrogen-bond donors (Lipinski definition) is 1. The number of benzene rings is 2. The lowest BCUT2D eigenvalue weighted by Gasteiger charge is -2.24. The lowest BCUT2D eigenvalue weighted by atomic mass is 10.1. The molecule has 0 aliphatic carbocycles. The highest BCUT2D eigenvalue weighted by Crippen LogP contribution is 2.34. The maximum absolute atomic E-state index is 13.9. The normalized spacial score (nSPS) is 11.7. The van der Waals surface area contributed by atoms with Gasteiger partial charge in [0, 0.05) is 34.2 Å². The van der Waals surface area contributed by atoms with Crippen molar-refractivity contribution < 1.29 is 17.9 Å². The number of aromatic nitrogens is 3. The van der Waals surface area contributed by atoms with Crippen molar-refractivity contribution in [3.8, 4) is 5.82 Å². The Balaban J connectivity index is 1.74. The second-order valence-corrected chi connectivity index (χ2v) is 13.2. The number of aryl methyl sites for hydroxylation is 1. The summed E-state index contributed by atoms with van der Waals surface area (Å²) in [5.74, 6) is 0.635. The van der Waals surface area contributed by atoms with E-state index >= 15 is 0 Å². The number of fused-ring (bicyclic) bond motifs is 1. The molecular formula is C30H36Cl2N6O4S. The van der Waals surface area contributed by atoms with Crippen molar-refractivity contribution >= 4 is 61.6 Å². The molecule has 0 unspecified atom stereocenters. The van der Waals surface area contributed by atoms with Crippen LogP contribution in [0.4, 0.5) is 11.5 Å². The molecule has 4 rings (SSSR count). The van der Waals surface area contributed by atoms with Crippen molar-refractivity contribution in [2.75, 3.05) is 50.0 Å². The Hall–Kier alpha value is -3.38. The van der Waals surface area contributed by atoms with Gasteiger partial charge in [0.15, 0.2) is 5.82 Å². The predicted octanol–water partition coefficient (Wildman–Crippen LogP) is 5.86. The zero-order valence-corrected chi connectivity index (χ0v) is 27.2. The van der Waals surface area contributed by atoms with Crippen molar-refractivity contribution in [3.63, 3.8) is 0 Å². The van der Waals surface area contributed by atoms with Crippen LogP contribution in [0.25, 0.3) is 16.7 Å². The van der Waals surface area contributed by atoms with Crippen LogP contribution in [0.5, 0.6) is 0 Å². The summed E-state index contributed by atoms with van der Waals surface area (Å²) in [6.07, 6.45) is 1.51. The molecule has 0 saturated heterocycles. The van der Waals surface area contributed by atoms with Crippen LogP contribution in [-0.2, 0) is 19.6 Å². The molecule has 0 saturated carbocycles. The minimum Gasteiger partial charge on any atom is -0.464 e. The number of unbranched alkanes of at least 4 members (excludes halogenated alkanes) is 1. The molecule has 0 atom stereocenters. The van der Waals surface area contributed by atoms with Crippen LogP contribution < -0.4 is 9.62 Å². The fourth-order valence-corrected chi connectivity index (χ4v) is 6.70. The molecule has 2 aromatic carbocycles. The Morgan fingerprint density at radius 2 is 1.74 bits per heavy atom. The molecule has 0 spiro atoms. The highest BCUT2D eigenvalue weighted by molar-refractivity contribution is 7.92. The molecule has 0 bridgehead atoms. The number of esters is 1. The summed E-state index contributed by atoms with van der Waals surface area (Å²) >= 11 is 12.3. The minimum atomic E-state index is -4.26. The van der Waals surface area contributed by atoms with Crippen LogP contribution in [-0.4, -0.2) is 74.4 Å². The first kappa shape index (κ1) is 32.5. The smallest absolute Gasteiger partial charge is 0.326 e. The van der Waals surface area contributed by atoms with E-state index in [1.807, 2.05) is 57.6 Å². The highest BCUT2D eigenvalue weighted by atomic mass is 35.5. The van der Waals surface area contributed by atoms with Gasteiger partial charge in [-0.15, -0.1) is 10.2 Å². The molecule has 13 heteroatoms. The Labute approximate surface area is 262 Å². The third kappa shape index (κ3) is 7.59. The summed E-state index contributed by atoms with van der Waals surface area (Å²) in [5.41, 5.74) is 2.96. The van der Waals surface area contributed by atoms with E-state index in [0.717, 1.165) is 46.0 Å². The Morgan fingerprint density at radius 3 is 2.37 bits per heavy atom. The molecule has 0 radical (unpaired) electrons. The molecule has 0 fully saturated rings. The minimum absolute atomic E-state index is 0.133.